The molecule has 12 N–H and O–H groups in total. The molecular formula is C78H141NO18. The molecule has 3 aliphatic heterocycles. The van der Waals surface area contributed by atoms with Crippen molar-refractivity contribution in [3.63, 3.8) is 0 Å². The maximum atomic E-state index is 13.5. The van der Waals surface area contributed by atoms with Crippen LogP contribution in [0.3, 0.4) is 0 Å². The van der Waals surface area contributed by atoms with Crippen molar-refractivity contribution in [2.45, 2.75) is 401 Å². The second kappa shape index (κ2) is 58.9. The Balaban J connectivity index is 1.39. The predicted octanol–water partition coefficient (Wildman–Crippen LogP) is 12.3. The van der Waals surface area contributed by atoms with Crippen LogP contribution in [0.1, 0.15) is 296 Å². The number of aliphatic hydroxyl groups is 11. The van der Waals surface area contributed by atoms with Gasteiger partial charge in [0.25, 0.3) is 0 Å². The molecular weight excluding hydrogens is 1240 g/mol. The SMILES string of the molecule is CC/C=C\C/C=C\C/C=C\C/C=C\CCCCCCCCCCCCCCCCCCC(=O)NC(COC1OC(CO)C(OC2OC(CO)C(OC3OC(CO)C(O)C(O)C3O)C(O)C2O)C(O)C1O)C(O)/C=C/CCCCCCCCCCCCCCCCCCCCCCC. The molecule has 0 aromatic heterocycles. The minimum absolute atomic E-state index is 0.243. The lowest BCUT2D eigenvalue weighted by Gasteiger charge is -2.48. The van der Waals surface area contributed by atoms with Crippen molar-refractivity contribution < 1.29 is 89.4 Å². The standard InChI is InChI=1S/C78H141NO18/c1-3-5-7-9-11-13-15-17-19-21-23-25-27-28-29-30-31-32-34-36-38-40-42-44-46-48-50-52-54-56-66(84)79-61(62(83)55-53-51-49-47-45-43-41-39-37-35-33-26-24-22-20-18-16-14-12-10-8-6-4-2)60-92-76-72(90)69(87)74(64(58-81)94-76)97-78-73(91)70(88)75(65(59-82)95-78)96-77-71(89)68(86)67(85)63(57-80)93-77/h5,7,11,13,17,19,23,25,53,55,61-65,67-78,80-83,85-91H,3-4,6,8-10,12,14-16,18,20-22,24,26-52,54,56-60H2,1-2H3,(H,79,84)/b7-5-,13-11-,19-17-,25-23-,55-53+. The summed E-state index contributed by atoms with van der Waals surface area (Å²) in [6.07, 6.45) is 47.7. The van der Waals surface area contributed by atoms with E-state index >= 15 is 0 Å². The van der Waals surface area contributed by atoms with Gasteiger partial charge in [-0.3, -0.25) is 4.79 Å². The van der Waals surface area contributed by atoms with Crippen molar-refractivity contribution in [3.05, 3.63) is 60.8 Å². The predicted molar refractivity (Wildman–Crippen MR) is 383 cm³/mol. The number of unbranched alkanes of at least 4 members (excludes halogenated alkanes) is 37. The molecule has 19 nitrogen and oxygen atoms in total. The fraction of sp³-hybridized carbons (Fsp3) is 0.859. The normalized spacial score (nSPS) is 27.2. The van der Waals surface area contributed by atoms with Gasteiger partial charge in [0.2, 0.25) is 5.91 Å². The first-order valence-electron chi connectivity index (χ1n) is 39.0. The van der Waals surface area contributed by atoms with E-state index in [1.54, 1.807) is 6.08 Å². The number of rotatable bonds is 61. The number of aliphatic hydroxyl groups excluding tert-OH is 11. The monoisotopic (exact) mass is 1380 g/mol. The Morgan fingerprint density at radius 2 is 0.711 bits per heavy atom. The maximum absolute atomic E-state index is 13.5. The Morgan fingerprint density at radius 1 is 0.381 bits per heavy atom. The van der Waals surface area contributed by atoms with Crippen LogP contribution in [0.4, 0.5) is 0 Å². The van der Waals surface area contributed by atoms with Gasteiger partial charge in [-0.25, -0.2) is 0 Å². The van der Waals surface area contributed by atoms with Crippen LogP contribution < -0.4 is 5.32 Å². The largest absolute Gasteiger partial charge is 0.394 e. The Labute approximate surface area is 586 Å². The Kier molecular flexibility index (Phi) is 53.9. The molecule has 3 rings (SSSR count). The summed E-state index contributed by atoms with van der Waals surface area (Å²) in [6.45, 7) is 1.66. The molecule has 1 amide bonds. The minimum Gasteiger partial charge on any atom is -0.394 e. The Hall–Kier alpha value is -2.51. The van der Waals surface area contributed by atoms with Crippen molar-refractivity contribution >= 4 is 5.91 Å². The van der Waals surface area contributed by atoms with E-state index in [4.69, 9.17) is 28.4 Å². The van der Waals surface area contributed by atoms with E-state index < -0.39 is 124 Å². The summed E-state index contributed by atoms with van der Waals surface area (Å²) in [4.78, 5) is 13.5. The average Bonchev–Trinajstić information content (AvgIpc) is 0.789. The third-order valence-corrected chi connectivity index (χ3v) is 19.3. The fourth-order valence-corrected chi connectivity index (χ4v) is 13.1. The van der Waals surface area contributed by atoms with Crippen molar-refractivity contribution in [2.75, 3.05) is 26.4 Å². The third kappa shape index (κ3) is 39.6. The highest BCUT2D eigenvalue weighted by atomic mass is 16.8. The van der Waals surface area contributed by atoms with Gasteiger partial charge >= 0.3 is 0 Å². The lowest BCUT2D eigenvalue weighted by Crippen LogP contribution is -2.66. The van der Waals surface area contributed by atoms with Crippen molar-refractivity contribution in [3.8, 4) is 0 Å². The Morgan fingerprint density at radius 3 is 1.11 bits per heavy atom. The zero-order valence-electron chi connectivity index (χ0n) is 60.3. The van der Waals surface area contributed by atoms with Crippen LogP contribution in [-0.2, 0) is 33.2 Å². The van der Waals surface area contributed by atoms with Crippen LogP contribution in [-0.4, -0.2) is 193 Å². The third-order valence-electron chi connectivity index (χ3n) is 19.3. The first-order chi connectivity index (χ1) is 47.3. The highest BCUT2D eigenvalue weighted by Crippen LogP contribution is 2.33. The quantitative estimate of drug-likeness (QED) is 0.0199. The molecule has 17 unspecified atom stereocenters. The van der Waals surface area contributed by atoms with Crippen LogP contribution >= 0.6 is 0 Å². The number of carbonyl (C=O) groups is 1. The number of hydrogen-bond donors (Lipinski definition) is 12. The molecule has 19 heteroatoms. The van der Waals surface area contributed by atoms with Crippen molar-refractivity contribution in [1.82, 2.24) is 5.32 Å². The zero-order valence-corrected chi connectivity index (χ0v) is 60.3. The molecule has 3 saturated heterocycles. The molecule has 0 aromatic carbocycles. The number of ether oxygens (including phenoxy) is 6. The van der Waals surface area contributed by atoms with E-state index in [0.29, 0.717) is 6.42 Å². The maximum Gasteiger partial charge on any atom is 0.220 e. The summed E-state index contributed by atoms with van der Waals surface area (Å²) in [5.74, 6) is -0.273. The molecule has 3 heterocycles. The average molecular weight is 1380 g/mol. The number of allylic oxidation sites excluding steroid dienone is 9. The fourth-order valence-electron chi connectivity index (χ4n) is 13.1. The van der Waals surface area contributed by atoms with Gasteiger partial charge in [0.1, 0.15) is 73.2 Å². The van der Waals surface area contributed by atoms with E-state index in [0.717, 1.165) is 70.6 Å². The summed E-state index contributed by atoms with van der Waals surface area (Å²) in [5, 5.41) is 121. The van der Waals surface area contributed by atoms with Crippen LogP contribution in [0.5, 0.6) is 0 Å². The van der Waals surface area contributed by atoms with E-state index in [-0.39, 0.29) is 18.9 Å². The lowest BCUT2D eigenvalue weighted by atomic mass is 9.96. The molecule has 566 valence electrons. The van der Waals surface area contributed by atoms with E-state index in [2.05, 4.69) is 67.8 Å². The number of carbonyl (C=O) groups excluding carboxylic acids is 1. The smallest absolute Gasteiger partial charge is 0.220 e. The van der Waals surface area contributed by atoms with Gasteiger partial charge in [0.05, 0.1) is 38.6 Å². The summed E-state index contributed by atoms with van der Waals surface area (Å²) in [6, 6.07) is -0.976. The molecule has 0 aromatic rings. The first kappa shape index (κ1) is 88.7. The molecule has 0 bridgehead atoms. The highest BCUT2D eigenvalue weighted by Gasteiger charge is 2.53. The highest BCUT2D eigenvalue weighted by molar-refractivity contribution is 5.76. The van der Waals surface area contributed by atoms with Gasteiger partial charge < -0.3 is 89.9 Å². The molecule has 3 fully saturated rings. The van der Waals surface area contributed by atoms with Crippen molar-refractivity contribution in [2.24, 2.45) is 0 Å². The zero-order chi connectivity index (χ0) is 70.4. The van der Waals surface area contributed by atoms with Gasteiger partial charge in [-0.15, -0.1) is 0 Å². The molecule has 97 heavy (non-hydrogen) atoms. The second-order valence-electron chi connectivity index (χ2n) is 27.8. The Bertz CT molecular complexity index is 1990. The number of amides is 1. The topological polar surface area (TPSA) is 307 Å². The van der Waals surface area contributed by atoms with Crippen LogP contribution in [0.2, 0.25) is 0 Å². The van der Waals surface area contributed by atoms with Gasteiger partial charge in [0, 0.05) is 6.42 Å². The lowest BCUT2D eigenvalue weighted by molar-refractivity contribution is -0.379. The van der Waals surface area contributed by atoms with Gasteiger partial charge in [0.15, 0.2) is 18.9 Å². The van der Waals surface area contributed by atoms with Crippen LogP contribution in [0.15, 0.2) is 60.8 Å². The summed E-state index contributed by atoms with van der Waals surface area (Å²) < 4.78 is 34.4. The minimum atomic E-state index is -1.98. The van der Waals surface area contributed by atoms with Gasteiger partial charge in [-0.2, -0.15) is 0 Å². The van der Waals surface area contributed by atoms with Crippen molar-refractivity contribution in [1.29, 1.82) is 0 Å². The molecule has 17 atom stereocenters. The van der Waals surface area contributed by atoms with Gasteiger partial charge in [-0.05, 0) is 57.8 Å². The molecule has 0 saturated carbocycles. The number of hydrogen-bond acceptors (Lipinski definition) is 18. The second-order valence-corrected chi connectivity index (χ2v) is 27.8. The van der Waals surface area contributed by atoms with E-state index in [1.807, 2.05) is 6.08 Å². The van der Waals surface area contributed by atoms with Crippen LogP contribution in [0.25, 0.3) is 0 Å². The molecule has 3 aliphatic rings. The summed E-state index contributed by atoms with van der Waals surface area (Å²) in [5.41, 5.74) is 0. The molecule has 0 aliphatic carbocycles. The van der Waals surface area contributed by atoms with Gasteiger partial charge in [-0.1, -0.05) is 293 Å². The summed E-state index contributed by atoms with van der Waals surface area (Å²) in [7, 11) is 0. The molecule has 0 spiro atoms. The van der Waals surface area contributed by atoms with E-state index in [9.17, 15) is 61.0 Å². The summed E-state index contributed by atoms with van der Waals surface area (Å²) >= 11 is 0. The van der Waals surface area contributed by atoms with Crippen LogP contribution in [0, 0.1) is 0 Å². The first-order valence-corrected chi connectivity index (χ1v) is 39.0. The number of nitrogens with one attached hydrogen (secondary N) is 1. The molecule has 0 radical (unpaired) electrons. The van der Waals surface area contributed by atoms with E-state index in [1.165, 1.54) is 199 Å².